The predicted molar refractivity (Wildman–Crippen MR) is 126 cm³/mol. The van der Waals surface area contributed by atoms with Crippen LogP contribution >= 0.6 is 0 Å². The number of ether oxygens (including phenoxy) is 2. The third-order valence-electron chi connectivity index (χ3n) is 5.31. The molecule has 2 aromatic heterocycles. The fraction of sp³-hybridized carbons (Fsp3) is 0.192. The number of hydrogen-bond acceptors (Lipinski definition) is 5. The molecule has 0 atom stereocenters. The average Bonchev–Trinajstić information content (AvgIpc) is 3.18. The quantitative estimate of drug-likeness (QED) is 0.390. The van der Waals surface area contributed by atoms with E-state index < -0.39 is 5.82 Å². The van der Waals surface area contributed by atoms with Crippen LogP contribution in [0.3, 0.4) is 0 Å². The molecule has 174 valence electrons. The van der Waals surface area contributed by atoms with E-state index in [9.17, 15) is 9.18 Å². The summed E-state index contributed by atoms with van der Waals surface area (Å²) in [6.07, 6.45) is 4.00. The molecule has 0 saturated heterocycles. The summed E-state index contributed by atoms with van der Waals surface area (Å²) in [6, 6.07) is 17.2. The molecule has 1 N–H and O–H groups in total. The zero-order valence-electron chi connectivity index (χ0n) is 19.0. The van der Waals surface area contributed by atoms with Gasteiger partial charge in [0.1, 0.15) is 5.75 Å². The fourth-order valence-corrected chi connectivity index (χ4v) is 3.49. The molecule has 0 radical (unpaired) electrons. The minimum atomic E-state index is -0.484. The fourth-order valence-electron chi connectivity index (χ4n) is 3.49. The summed E-state index contributed by atoms with van der Waals surface area (Å²) < 4.78 is 27.3. The second-order valence-electron chi connectivity index (χ2n) is 7.65. The normalized spacial score (nSPS) is 10.7. The molecule has 34 heavy (non-hydrogen) atoms. The number of halogens is 1. The summed E-state index contributed by atoms with van der Waals surface area (Å²) in [5.41, 5.74) is 3.07. The number of aryl methyl sites for hydroxylation is 1. The van der Waals surface area contributed by atoms with Gasteiger partial charge in [-0.15, -0.1) is 0 Å². The van der Waals surface area contributed by atoms with Gasteiger partial charge in [0.15, 0.2) is 11.6 Å². The van der Waals surface area contributed by atoms with Crippen LogP contribution in [0.2, 0.25) is 0 Å². The van der Waals surface area contributed by atoms with Gasteiger partial charge in [-0.05, 0) is 61.4 Å². The highest BCUT2D eigenvalue weighted by Crippen LogP contribution is 2.33. The number of nitrogens with zero attached hydrogens (tertiary/aromatic N) is 3. The Morgan fingerprint density at radius 1 is 1.09 bits per heavy atom. The van der Waals surface area contributed by atoms with Crippen molar-refractivity contribution in [3.05, 3.63) is 95.7 Å². The summed E-state index contributed by atoms with van der Waals surface area (Å²) in [5.74, 6) is 0.557. The van der Waals surface area contributed by atoms with Gasteiger partial charge in [0.05, 0.1) is 18.5 Å². The number of pyridine rings is 1. The van der Waals surface area contributed by atoms with Crippen LogP contribution in [0.1, 0.15) is 23.2 Å². The maximum Gasteiger partial charge on any atom is 0.226 e. The molecule has 0 fully saturated rings. The van der Waals surface area contributed by atoms with Crippen LogP contribution in [0.25, 0.3) is 5.69 Å². The topological polar surface area (TPSA) is 78.3 Å². The van der Waals surface area contributed by atoms with Crippen LogP contribution in [0.5, 0.6) is 17.4 Å². The minimum Gasteiger partial charge on any atom is -0.497 e. The van der Waals surface area contributed by atoms with Crippen LogP contribution < -0.4 is 14.8 Å². The molecule has 0 bridgehead atoms. The number of carbonyl (C=O) groups is 1. The Bertz CT molecular complexity index is 1260. The second-order valence-corrected chi connectivity index (χ2v) is 7.65. The first-order valence-electron chi connectivity index (χ1n) is 10.9. The Labute approximate surface area is 197 Å². The molecule has 2 heterocycles. The van der Waals surface area contributed by atoms with E-state index in [0.717, 1.165) is 16.8 Å². The summed E-state index contributed by atoms with van der Waals surface area (Å²) in [5, 5.41) is 7.52. The number of benzene rings is 2. The van der Waals surface area contributed by atoms with Gasteiger partial charge in [0.25, 0.3) is 0 Å². The highest BCUT2D eigenvalue weighted by Gasteiger charge is 2.21. The largest absolute Gasteiger partial charge is 0.497 e. The van der Waals surface area contributed by atoms with E-state index >= 15 is 0 Å². The first-order valence-corrected chi connectivity index (χ1v) is 10.9. The maximum atomic E-state index is 14.4. The van der Waals surface area contributed by atoms with Gasteiger partial charge in [-0.3, -0.25) is 9.78 Å². The van der Waals surface area contributed by atoms with Gasteiger partial charge in [-0.1, -0.05) is 18.2 Å². The number of rotatable bonds is 9. The summed E-state index contributed by atoms with van der Waals surface area (Å²) in [7, 11) is 1.59. The molecule has 7 nitrogen and oxygen atoms in total. The molecule has 4 aromatic rings. The number of hydrogen-bond donors (Lipinski definition) is 1. The Kier molecular flexibility index (Phi) is 7.17. The van der Waals surface area contributed by atoms with E-state index in [4.69, 9.17) is 9.47 Å². The molecule has 0 spiro atoms. The number of carbonyl (C=O) groups excluding carboxylic acids is 1. The van der Waals surface area contributed by atoms with E-state index in [1.54, 1.807) is 42.4 Å². The van der Waals surface area contributed by atoms with Gasteiger partial charge < -0.3 is 14.8 Å². The first kappa shape index (κ1) is 23.0. The Hall–Kier alpha value is -4.20. The highest BCUT2D eigenvalue weighted by atomic mass is 19.1. The summed E-state index contributed by atoms with van der Waals surface area (Å²) >= 11 is 0. The predicted octanol–water partition coefficient (Wildman–Crippen LogP) is 4.76. The van der Waals surface area contributed by atoms with Crippen LogP contribution in [0, 0.1) is 12.7 Å². The summed E-state index contributed by atoms with van der Waals surface area (Å²) in [4.78, 5) is 16.6. The molecule has 0 aliphatic rings. The van der Waals surface area contributed by atoms with Crippen LogP contribution in [-0.4, -0.2) is 27.8 Å². The molecule has 4 rings (SSSR count). The number of para-hydroxylation sites is 1. The van der Waals surface area contributed by atoms with Gasteiger partial charge >= 0.3 is 0 Å². The van der Waals surface area contributed by atoms with E-state index in [1.165, 1.54) is 6.07 Å². The van der Waals surface area contributed by atoms with Crippen molar-refractivity contribution >= 4 is 5.91 Å². The molecular formula is C26H25FN4O3. The van der Waals surface area contributed by atoms with Crippen LogP contribution in [0.4, 0.5) is 4.39 Å². The maximum absolute atomic E-state index is 14.4. The lowest BCUT2D eigenvalue weighted by Gasteiger charge is -2.12. The van der Waals surface area contributed by atoms with Crippen molar-refractivity contribution in [1.82, 2.24) is 20.1 Å². The van der Waals surface area contributed by atoms with Gasteiger partial charge in [0.2, 0.25) is 11.8 Å². The molecule has 8 heteroatoms. The van der Waals surface area contributed by atoms with Crippen molar-refractivity contribution in [1.29, 1.82) is 0 Å². The van der Waals surface area contributed by atoms with Gasteiger partial charge in [-0.2, -0.15) is 5.10 Å². The van der Waals surface area contributed by atoms with Crippen molar-refractivity contribution in [3.8, 4) is 23.1 Å². The van der Waals surface area contributed by atoms with Crippen molar-refractivity contribution in [3.63, 3.8) is 0 Å². The number of nitrogens with one attached hydrogen (secondary N) is 1. The van der Waals surface area contributed by atoms with Gasteiger partial charge in [0, 0.05) is 30.9 Å². The second kappa shape index (κ2) is 10.6. The first-order chi connectivity index (χ1) is 16.5. The monoisotopic (exact) mass is 460 g/mol. The lowest BCUT2D eigenvalue weighted by molar-refractivity contribution is -0.121. The molecule has 0 saturated carbocycles. The smallest absolute Gasteiger partial charge is 0.226 e. The Balaban J connectivity index is 1.58. The molecule has 0 aliphatic carbocycles. The molecular weight excluding hydrogens is 435 g/mol. The highest BCUT2D eigenvalue weighted by molar-refractivity contribution is 5.76. The lowest BCUT2D eigenvalue weighted by atomic mass is 10.1. The van der Waals surface area contributed by atoms with Gasteiger partial charge in [-0.25, -0.2) is 9.07 Å². The molecule has 0 aliphatic heterocycles. The van der Waals surface area contributed by atoms with E-state index in [0.29, 0.717) is 30.3 Å². The third kappa shape index (κ3) is 5.40. The minimum absolute atomic E-state index is 0.0828. The Morgan fingerprint density at radius 3 is 2.59 bits per heavy atom. The number of methoxy groups -OCH3 is 1. The van der Waals surface area contributed by atoms with Crippen molar-refractivity contribution in [2.75, 3.05) is 7.11 Å². The van der Waals surface area contributed by atoms with E-state index in [1.807, 2.05) is 43.3 Å². The Morgan fingerprint density at radius 2 is 1.88 bits per heavy atom. The van der Waals surface area contributed by atoms with Crippen molar-refractivity contribution in [2.45, 2.75) is 26.3 Å². The zero-order valence-corrected chi connectivity index (χ0v) is 19.0. The number of amides is 1. The molecule has 0 unspecified atom stereocenters. The van der Waals surface area contributed by atoms with E-state index in [2.05, 4.69) is 15.4 Å². The average molecular weight is 461 g/mol. The molecule has 1 amide bonds. The van der Waals surface area contributed by atoms with Crippen molar-refractivity contribution < 1.29 is 18.7 Å². The van der Waals surface area contributed by atoms with Crippen LogP contribution in [-0.2, 0) is 17.8 Å². The lowest BCUT2D eigenvalue weighted by Crippen LogP contribution is -2.23. The SMILES string of the molecule is COc1ccc(-n2nc(C)c(CCC(=O)NCc3cccnc3)c2Oc2ccccc2F)cc1. The standard InChI is InChI=1S/C26H25FN4O3/c1-18-22(13-14-25(32)29-17-19-6-5-15-28-16-19)26(34-24-8-4-3-7-23(24)27)31(30-18)20-9-11-21(33-2)12-10-20/h3-12,15-16H,13-14,17H2,1-2H3,(H,29,32). The number of aromatic nitrogens is 3. The molecule has 2 aromatic carbocycles. The van der Waals surface area contributed by atoms with Crippen LogP contribution in [0.15, 0.2) is 73.1 Å². The summed E-state index contributed by atoms with van der Waals surface area (Å²) in [6.45, 7) is 2.24. The van der Waals surface area contributed by atoms with Crippen molar-refractivity contribution in [2.24, 2.45) is 0 Å². The van der Waals surface area contributed by atoms with E-state index in [-0.39, 0.29) is 18.1 Å². The zero-order chi connectivity index (χ0) is 23.9. The third-order valence-corrected chi connectivity index (χ3v) is 5.31.